The summed E-state index contributed by atoms with van der Waals surface area (Å²) in [4.78, 5) is 4.01. The lowest BCUT2D eigenvalue weighted by atomic mass is 10.1. The van der Waals surface area contributed by atoms with E-state index >= 15 is 0 Å². The standard InChI is InChI=1S/C13H19F2N3/c1-9(2)18-13(16-3)17-8-7-10-11(14)5-4-6-12(10)15/h4-6,9H,7-8H2,1-3H3,(H2,16,17,18). The summed E-state index contributed by atoms with van der Waals surface area (Å²) in [5.74, 6) is -0.394. The average Bonchev–Trinajstić information content (AvgIpc) is 2.31. The molecule has 0 heterocycles. The Labute approximate surface area is 106 Å². The molecule has 0 aliphatic carbocycles. The lowest BCUT2D eigenvalue weighted by Gasteiger charge is -2.14. The number of hydrogen-bond acceptors (Lipinski definition) is 1. The molecule has 0 aliphatic heterocycles. The van der Waals surface area contributed by atoms with Crippen LogP contribution in [0.1, 0.15) is 19.4 Å². The van der Waals surface area contributed by atoms with Gasteiger partial charge in [-0.15, -0.1) is 0 Å². The minimum absolute atomic E-state index is 0.102. The maximum Gasteiger partial charge on any atom is 0.191 e. The molecule has 0 unspecified atom stereocenters. The maximum absolute atomic E-state index is 13.4. The minimum Gasteiger partial charge on any atom is -0.356 e. The third-order valence-corrected chi connectivity index (χ3v) is 2.38. The Morgan fingerprint density at radius 2 is 1.89 bits per heavy atom. The van der Waals surface area contributed by atoms with Gasteiger partial charge < -0.3 is 10.6 Å². The third-order valence-electron chi connectivity index (χ3n) is 2.38. The zero-order chi connectivity index (χ0) is 13.5. The van der Waals surface area contributed by atoms with E-state index in [1.165, 1.54) is 18.2 Å². The van der Waals surface area contributed by atoms with Crippen molar-refractivity contribution >= 4 is 5.96 Å². The molecule has 1 aromatic rings. The van der Waals surface area contributed by atoms with Crippen LogP contribution in [0.5, 0.6) is 0 Å². The van der Waals surface area contributed by atoms with Gasteiger partial charge in [0.1, 0.15) is 11.6 Å². The Morgan fingerprint density at radius 3 is 2.39 bits per heavy atom. The smallest absolute Gasteiger partial charge is 0.191 e. The number of hydrogen-bond donors (Lipinski definition) is 2. The predicted octanol–water partition coefficient (Wildman–Crippen LogP) is 2.08. The second-order valence-corrected chi connectivity index (χ2v) is 4.25. The van der Waals surface area contributed by atoms with Gasteiger partial charge in [0, 0.05) is 25.2 Å². The third kappa shape index (κ3) is 4.31. The molecule has 1 aromatic carbocycles. The SMILES string of the molecule is CN=C(NCCc1c(F)cccc1F)NC(C)C. The molecule has 3 nitrogen and oxygen atoms in total. The van der Waals surface area contributed by atoms with Crippen LogP contribution < -0.4 is 10.6 Å². The first-order valence-electron chi connectivity index (χ1n) is 5.94. The van der Waals surface area contributed by atoms with E-state index in [0.717, 1.165) is 0 Å². The van der Waals surface area contributed by atoms with E-state index in [-0.39, 0.29) is 18.0 Å². The first-order chi connectivity index (χ1) is 8.54. The molecule has 100 valence electrons. The number of halogens is 2. The van der Waals surface area contributed by atoms with Crippen LogP contribution in [0.4, 0.5) is 8.78 Å². The van der Waals surface area contributed by atoms with Crippen LogP contribution in [-0.4, -0.2) is 25.6 Å². The highest BCUT2D eigenvalue weighted by Gasteiger charge is 2.08. The van der Waals surface area contributed by atoms with E-state index in [4.69, 9.17) is 0 Å². The van der Waals surface area contributed by atoms with Crippen LogP contribution in [0, 0.1) is 11.6 Å². The maximum atomic E-state index is 13.4. The van der Waals surface area contributed by atoms with Gasteiger partial charge in [-0.1, -0.05) is 6.07 Å². The quantitative estimate of drug-likeness (QED) is 0.638. The molecule has 5 heteroatoms. The Bertz CT molecular complexity index is 396. The highest BCUT2D eigenvalue weighted by atomic mass is 19.1. The van der Waals surface area contributed by atoms with Gasteiger partial charge in [-0.2, -0.15) is 0 Å². The molecule has 0 amide bonds. The van der Waals surface area contributed by atoms with Gasteiger partial charge in [0.2, 0.25) is 0 Å². The summed E-state index contributed by atoms with van der Waals surface area (Å²) in [7, 11) is 1.65. The van der Waals surface area contributed by atoms with E-state index in [1.54, 1.807) is 7.05 Å². The fourth-order valence-electron chi connectivity index (χ4n) is 1.55. The van der Waals surface area contributed by atoms with Crippen molar-refractivity contribution in [2.75, 3.05) is 13.6 Å². The van der Waals surface area contributed by atoms with Crippen molar-refractivity contribution in [1.29, 1.82) is 0 Å². The topological polar surface area (TPSA) is 36.4 Å². The molecular weight excluding hydrogens is 236 g/mol. The molecule has 0 radical (unpaired) electrons. The molecule has 0 aliphatic rings. The molecule has 0 saturated carbocycles. The van der Waals surface area contributed by atoms with Crippen molar-refractivity contribution in [1.82, 2.24) is 10.6 Å². The fraction of sp³-hybridized carbons (Fsp3) is 0.462. The number of guanidine groups is 1. The van der Waals surface area contributed by atoms with E-state index in [9.17, 15) is 8.78 Å². The zero-order valence-electron chi connectivity index (χ0n) is 10.9. The van der Waals surface area contributed by atoms with E-state index < -0.39 is 11.6 Å². The summed E-state index contributed by atoms with van der Waals surface area (Å²) in [5.41, 5.74) is 0.102. The van der Waals surface area contributed by atoms with Gasteiger partial charge in [-0.05, 0) is 32.4 Å². The van der Waals surface area contributed by atoms with Crippen molar-refractivity contribution in [3.63, 3.8) is 0 Å². The Balaban J connectivity index is 2.51. The summed E-state index contributed by atoms with van der Waals surface area (Å²) >= 11 is 0. The van der Waals surface area contributed by atoms with E-state index in [1.807, 2.05) is 13.8 Å². The zero-order valence-corrected chi connectivity index (χ0v) is 10.9. The summed E-state index contributed by atoms with van der Waals surface area (Å²) in [5, 5.41) is 6.11. The Morgan fingerprint density at radius 1 is 1.28 bits per heavy atom. The lowest BCUT2D eigenvalue weighted by molar-refractivity contribution is 0.552. The fourth-order valence-corrected chi connectivity index (χ4v) is 1.55. The predicted molar refractivity (Wildman–Crippen MR) is 69.7 cm³/mol. The largest absolute Gasteiger partial charge is 0.356 e. The van der Waals surface area contributed by atoms with Crippen molar-refractivity contribution in [3.8, 4) is 0 Å². The van der Waals surface area contributed by atoms with Gasteiger partial charge in [-0.3, -0.25) is 4.99 Å². The van der Waals surface area contributed by atoms with Crippen molar-refractivity contribution in [3.05, 3.63) is 35.4 Å². The van der Waals surface area contributed by atoms with Gasteiger partial charge in [0.15, 0.2) is 5.96 Å². The second kappa shape index (κ2) is 6.93. The normalized spacial score (nSPS) is 11.8. The molecule has 0 fully saturated rings. The van der Waals surface area contributed by atoms with Gasteiger partial charge in [0.25, 0.3) is 0 Å². The van der Waals surface area contributed by atoms with Gasteiger partial charge in [-0.25, -0.2) is 8.78 Å². The van der Waals surface area contributed by atoms with Crippen LogP contribution in [0.15, 0.2) is 23.2 Å². The molecule has 18 heavy (non-hydrogen) atoms. The number of nitrogens with one attached hydrogen (secondary N) is 2. The van der Waals surface area contributed by atoms with Crippen LogP contribution in [0.2, 0.25) is 0 Å². The monoisotopic (exact) mass is 255 g/mol. The van der Waals surface area contributed by atoms with Crippen LogP contribution in [0.25, 0.3) is 0 Å². The molecule has 0 saturated heterocycles. The van der Waals surface area contributed by atoms with E-state index in [2.05, 4.69) is 15.6 Å². The minimum atomic E-state index is -0.511. The van der Waals surface area contributed by atoms with Crippen molar-refractivity contribution < 1.29 is 8.78 Å². The summed E-state index contributed by atoms with van der Waals surface area (Å²) in [6.45, 7) is 4.40. The highest BCUT2D eigenvalue weighted by Crippen LogP contribution is 2.11. The van der Waals surface area contributed by atoms with E-state index in [0.29, 0.717) is 12.5 Å². The second-order valence-electron chi connectivity index (χ2n) is 4.25. The first-order valence-corrected chi connectivity index (χ1v) is 5.94. The Kier molecular flexibility index (Phi) is 5.55. The van der Waals surface area contributed by atoms with Gasteiger partial charge in [0.05, 0.1) is 0 Å². The average molecular weight is 255 g/mol. The lowest BCUT2D eigenvalue weighted by Crippen LogP contribution is -2.41. The van der Waals surface area contributed by atoms with Crippen LogP contribution >= 0.6 is 0 Å². The molecule has 0 aromatic heterocycles. The Hall–Kier alpha value is -1.65. The molecule has 2 N–H and O–H groups in total. The van der Waals surface area contributed by atoms with Crippen molar-refractivity contribution in [2.24, 2.45) is 4.99 Å². The number of benzene rings is 1. The van der Waals surface area contributed by atoms with Crippen molar-refractivity contribution in [2.45, 2.75) is 26.3 Å². The highest BCUT2D eigenvalue weighted by molar-refractivity contribution is 5.79. The first kappa shape index (κ1) is 14.4. The molecule has 1 rings (SSSR count). The molecule has 0 spiro atoms. The number of rotatable bonds is 4. The summed E-state index contributed by atoms with van der Waals surface area (Å²) < 4.78 is 26.7. The number of aliphatic imine (C=N–C) groups is 1. The van der Waals surface area contributed by atoms with Gasteiger partial charge >= 0.3 is 0 Å². The molecule has 0 bridgehead atoms. The summed E-state index contributed by atoms with van der Waals surface area (Å²) in [6, 6.07) is 4.14. The molecule has 0 atom stereocenters. The van der Waals surface area contributed by atoms with Crippen LogP contribution in [-0.2, 0) is 6.42 Å². The summed E-state index contributed by atoms with van der Waals surface area (Å²) in [6.07, 6.45) is 0.275. The molecular formula is C13H19F2N3. The number of nitrogens with zero attached hydrogens (tertiary/aromatic N) is 1. The van der Waals surface area contributed by atoms with Crippen LogP contribution in [0.3, 0.4) is 0 Å².